The fourth-order valence-corrected chi connectivity index (χ4v) is 1.64. The highest BCUT2D eigenvalue weighted by atomic mass is 14.5. The smallest absolute Gasteiger partial charge is 0.0651 e. The van der Waals surface area contributed by atoms with E-state index in [0.717, 1.165) is 0 Å². The Morgan fingerprint density at radius 2 is 1.47 bits per heavy atom. The van der Waals surface area contributed by atoms with E-state index in [9.17, 15) is 0 Å². The lowest BCUT2D eigenvalue weighted by Crippen LogP contribution is -1.84. The monoisotopic (exact) mass is 225 g/mol. The molecule has 0 fully saturated rings. The highest BCUT2D eigenvalue weighted by Crippen LogP contribution is 2.25. The van der Waals surface area contributed by atoms with Gasteiger partial charge in [0.05, 0.1) is 8.22 Å². The van der Waals surface area contributed by atoms with E-state index in [1.807, 2.05) is 0 Å². The van der Waals surface area contributed by atoms with Gasteiger partial charge in [-0.2, -0.15) is 0 Å². The molecule has 3 rings (SSSR count). The van der Waals surface area contributed by atoms with Crippen LogP contribution in [-0.4, -0.2) is 0 Å². The summed E-state index contributed by atoms with van der Waals surface area (Å²) in [6, 6.07) is 7.33. The summed E-state index contributed by atoms with van der Waals surface area (Å²) in [4.78, 5) is 0. The summed E-state index contributed by atoms with van der Waals surface area (Å²) in [5.74, 6) is 0. The van der Waals surface area contributed by atoms with E-state index in [-0.39, 0.29) is 58.3 Å². The minimum Gasteiger partial charge on any atom is -0.399 e. The van der Waals surface area contributed by atoms with Crippen molar-refractivity contribution in [3.63, 3.8) is 0 Å². The molecule has 0 unspecified atom stereocenters. The molecule has 2 N–H and O–H groups in total. The number of hydrogen-bond acceptors (Lipinski definition) is 1. The maximum atomic E-state index is 8.39. The van der Waals surface area contributed by atoms with Gasteiger partial charge in [0.25, 0.3) is 0 Å². The van der Waals surface area contributed by atoms with Gasteiger partial charge in [0.1, 0.15) is 0 Å². The molecule has 0 saturated heterocycles. The molecule has 3 aromatic rings. The van der Waals surface area contributed by atoms with E-state index in [1.165, 1.54) is 0 Å². The molecule has 3 aromatic carbocycles. The number of nitrogen functional groups attached to an aromatic ring is 1. The van der Waals surface area contributed by atoms with Gasteiger partial charge in [-0.15, -0.1) is 0 Å². The second kappa shape index (κ2) is 3.95. The Labute approximate surface area is 109 Å². The standard InChI is InChI=1S/C16H13N/c17-16-9-8-14-10-13(6-7-15(14)11-16)12-4-2-1-3-5-12/h1-11H,17H2/i6D,7D,8D,9D,10D,11D. The molecule has 0 radical (unpaired) electrons. The largest absolute Gasteiger partial charge is 0.399 e. The van der Waals surface area contributed by atoms with Crippen LogP contribution in [-0.2, 0) is 0 Å². The van der Waals surface area contributed by atoms with Crippen LogP contribution in [0.3, 0.4) is 0 Å². The summed E-state index contributed by atoms with van der Waals surface area (Å²) in [5, 5.41) is 0.00670. The van der Waals surface area contributed by atoms with Gasteiger partial charge in [-0.25, -0.2) is 0 Å². The second-order valence-electron chi connectivity index (χ2n) is 3.65. The quantitative estimate of drug-likeness (QED) is 0.620. The maximum absolute atomic E-state index is 8.39. The first kappa shape index (κ1) is 5.37. The molecule has 0 atom stereocenters. The van der Waals surface area contributed by atoms with Crippen LogP contribution in [0.4, 0.5) is 5.69 Å². The molecule has 0 aliphatic heterocycles. The van der Waals surface area contributed by atoms with Gasteiger partial charge < -0.3 is 5.73 Å². The lowest BCUT2D eigenvalue weighted by molar-refractivity contribution is 1.64. The Kier molecular flexibility index (Phi) is 1.25. The first-order valence-electron chi connectivity index (χ1n) is 8.20. The van der Waals surface area contributed by atoms with Crippen LogP contribution in [0.25, 0.3) is 21.9 Å². The molecule has 0 aromatic heterocycles. The molecule has 17 heavy (non-hydrogen) atoms. The molecular formula is C16H13N. The van der Waals surface area contributed by atoms with Crippen LogP contribution in [0.1, 0.15) is 8.22 Å². The van der Waals surface area contributed by atoms with E-state index in [1.54, 1.807) is 30.3 Å². The van der Waals surface area contributed by atoms with E-state index in [0.29, 0.717) is 5.56 Å². The second-order valence-corrected chi connectivity index (χ2v) is 3.65. The average molecular weight is 225 g/mol. The number of anilines is 1. The van der Waals surface area contributed by atoms with Crippen LogP contribution >= 0.6 is 0 Å². The summed E-state index contributed by atoms with van der Waals surface area (Å²) < 4.78 is 48.7. The number of hydrogen-bond donors (Lipinski definition) is 1. The first-order chi connectivity index (χ1) is 10.9. The van der Waals surface area contributed by atoms with Gasteiger partial charge in [0, 0.05) is 5.69 Å². The minimum atomic E-state index is -0.327. The molecule has 0 aliphatic carbocycles. The molecular weight excluding hydrogens is 206 g/mol. The molecule has 0 amide bonds. The zero-order valence-corrected chi connectivity index (χ0v) is 8.96. The van der Waals surface area contributed by atoms with Crippen LogP contribution in [0.5, 0.6) is 0 Å². The number of nitrogens with two attached hydrogens (primary N) is 1. The molecule has 82 valence electrons. The van der Waals surface area contributed by atoms with Gasteiger partial charge in [0.15, 0.2) is 0 Å². The molecule has 0 spiro atoms. The normalized spacial score (nSPS) is 15.5. The predicted molar refractivity (Wildman–Crippen MR) is 73.8 cm³/mol. The Morgan fingerprint density at radius 1 is 0.765 bits per heavy atom. The Balaban J connectivity index is 2.57. The third-order valence-electron chi connectivity index (χ3n) is 2.46. The summed E-state index contributed by atoms with van der Waals surface area (Å²) in [5.41, 5.74) is 6.27. The molecule has 0 bridgehead atoms. The van der Waals surface area contributed by atoms with Gasteiger partial charge in [-0.1, -0.05) is 48.5 Å². The van der Waals surface area contributed by atoms with Crippen molar-refractivity contribution in [2.24, 2.45) is 0 Å². The van der Waals surface area contributed by atoms with Crippen molar-refractivity contribution in [1.82, 2.24) is 0 Å². The van der Waals surface area contributed by atoms with E-state index in [2.05, 4.69) is 0 Å². The Morgan fingerprint density at radius 3 is 2.29 bits per heavy atom. The van der Waals surface area contributed by atoms with Crippen molar-refractivity contribution < 1.29 is 8.22 Å². The molecule has 0 saturated carbocycles. The minimum absolute atomic E-state index is 0.0156. The van der Waals surface area contributed by atoms with Crippen molar-refractivity contribution in [1.29, 1.82) is 0 Å². The zero-order valence-electron chi connectivity index (χ0n) is 15.0. The van der Waals surface area contributed by atoms with E-state index in [4.69, 9.17) is 14.0 Å². The Bertz CT molecular complexity index is 937. The third kappa shape index (κ3) is 1.87. The predicted octanol–water partition coefficient (Wildman–Crippen LogP) is 4.09. The topological polar surface area (TPSA) is 26.0 Å². The lowest BCUT2D eigenvalue weighted by Gasteiger charge is -2.04. The number of benzene rings is 3. The Hall–Kier alpha value is -2.28. The van der Waals surface area contributed by atoms with E-state index >= 15 is 0 Å². The maximum Gasteiger partial charge on any atom is 0.0651 e. The van der Waals surface area contributed by atoms with Gasteiger partial charge >= 0.3 is 0 Å². The fraction of sp³-hybridized carbons (Fsp3) is 0. The third-order valence-corrected chi connectivity index (χ3v) is 2.46. The fourth-order valence-electron chi connectivity index (χ4n) is 1.64. The summed E-state index contributed by atoms with van der Waals surface area (Å²) in [6.07, 6.45) is 0. The highest BCUT2D eigenvalue weighted by molar-refractivity contribution is 5.89. The van der Waals surface area contributed by atoms with Gasteiger partial charge in [0.2, 0.25) is 0 Å². The van der Waals surface area contributed by atoms with Crippen molar-refractivity contribution in [2.45, 2.75) is 0 Å². The first-order valence-corrected chi connectivity index (χ1v) is 5.20. The lowest BCUT2D eigenvalue weighted by atomic mass is 10.0. The van der Waals surface area contributed by atoms with Gasteiger partial charge in [-0.3, -0.25) is 0 Å². The summed E-state index contributed by atoms with van der Waals surface area (Å²) in [6.45, 7) is 0. The van der Waals surface area contributed by atoms with Crippen molar-refractivity contribution in [3.8, 4) is 11.1 Å². The van der Waals surface area contributed by atoms with Crippen molar-refractivity contribution in [3.05, 3.63) is 66.6 Å². The van der Waals surface area contributed by atoms with Crippen LogP contribution in [0.2, 0.25) is 0 Å². The summed E-state index contributed by atoms with van der Waals surface area (Å²) >= 11 is 0. The SMILES string of the molecule is [2H]c1c(-c2ccccc2)c([2H])c2c([2H])c([2H])c(N)c([2H])c2c1[2H]. The van der Waals surface area contributed by atoms with Crippen LogP contribution < -0.4 is 5.73 Å². The number of fused-ring (bicyclic) bond motifs is 1. The molecule has 1 heteroatoms. The average Bonchev–Trinajstić information content (AvgIpc) is 2.55. The van der Waals surface area contributed by atoms with E-state index < -0.39 is 0 Å². The molecule has 0 aliphatic rings. The summed E-state index contributed by atoms with van der Waals surface area (Å²) in [7, 11) is 0. The zero-order chi connectivity index (χ0) is 16.9. The molecule has 1 nitrogen and oxygen atoms in total. The van der Waals surface area contributed by atoms with Crippen molar-refractivity contribution >= 4 is 16.5 Å². The van der Waals surface area contributed by atoms with Gasteiger partial charge in [-0.05, 0) is 40.0 Å². The van der Waals surface area contributed by atoms with Crippen molar-refractivity contribution in [2.75, 3.05) is 5.73 Å². The number of rotatable bonds is 1. The molecule has 0 heterocycles. The highest BCUT2D eigenvalue weighted by Gasteiger charge is 1.99. The van der Waals surface area contributed by atoms with Crippen LogP contribution in [0, 0.1) is 0 Å². The van der Waals surface area contributed by atoms with Crippen LogP contribution in [0.15, 0.2) is 66.6 Å².